The largest absolute Gasteiger partial charge is 0.467 e. The predicted octanol–water partition coefficient (Wildman–Crippen LogP) is 2.76. The molecule has 0 amide bonds. The van der Waals surface area contributed by atoms with E-state index in [9.17, 15) is 4.79 Å². The number of carbonyl (C=O) groups excluding carboxylic acids is 1. The number of rotatable bonds is 2. The van der Waals surface area contributed by atoms with Crippen LogP contribution in [0, 0.1) is 0 Å². The molecule has 0 N–H and O–H groups in total. The highest BCUT2D eigenvalue weighted by Crippen LogP contribution is 2.31. The number of carbonyl (C=O) groups is 1. The van der Waals surface area contributed by atoms with Gasteiger partial charge in [0.05, 0.1) is 12.1 Å². The Balaban J connectivity index is 2.32. The van der Waals surface area contributed by atoms with Crippen molar-refractivity contribution in [2.24, 2.45) is 0 Å². The summed E-state index contributed by atoms with van der Waals surface area (Å²) in [5.41, 5.74) is 0. The Morgan fingerprint density at radius 2 is 2.47 bits per heavy atom. The summed E-state index contributed by atoms with van der Waals surface area (Å²) in [7, 11) is 1.37. The lowest BCUT2D eigenvalue weighted by Crippen LogP contribution is -2.35. The molecule has 0 fully saturated rings. The minimum absolute atomic E-state index is 0.296. The second kappa shape index (κ2) is 5.06. The molecule has 0 bridgehead atoms. The van der Waals surface area contributed by atoms with E-state index in [2.05, 4.69) is 20.9 Å². The fourth-order valence-electron chi connectivity index (χ4n) is 1.68. The third-order valence-electron chi connectivity index (χ3n) is 2.47. The standard InChI is InChI=1S/C11H10BrClN2O2/c1-17-11(16)9-3-2-4-15(9)10-8(13)5-7(12)6-14-10/h2,4-6,9H,3H2,1H3. The van der Waals surface area contributed by atoms with E-state index in [0.29, 0.717) is 17.3 Å². The summed E-state index contributed by atoms with van der Waals surface area (Å²) in [6.07, 6.45) is 5.92. The van der Waals surface area contributed by atoms with Gasteiger partial charge in [-0.2, -0.15) is 0 Å². The van der Waals surface area contributed by atoms with Gasteiger partial charge >= 0.3 is 5.97 Å². The second-order valence-electron chi connectivity index (χ2n) is 3.53. The van der Waals surface area contributed by atoms with Crippen LogP contribution in [0.15, 0.2) is 29.0 Å². The van der Waals surface area contributed by atoms with Crippen molar-refractivity contribution in [3.8, 4) is 0 Å². The number of pyridine rings is 1. The Bertz CT molecular complexity index is 479. The monoisotopic (exact) mass is 316 g/mol. The number of methoxy groups -OCH3 is 1. The molecule has 90 valence electrons. The van der Waals surface area contributed by atoms with Gasteiger partial charge in [0.2, 0.25) is 0 Å². The third kappa shape index (κ3) is 2.45. The van der Waals surface area contributed by atoms with Gasteiger partial charge < -0.3 is 9.64 Å². The van der Waals surface area contributed by atoms with Crippen molar-refractivity contribution in [3.05, 3.63) is 34.0 Å². The van der Waals surface area contributed by atoms with Crippen molar-refractivity contribution in [1.29, 1.82) is 0 Å². The summed E-state index contributed by atoms with van der Waals surface area (Å²) in [6, 6.07) is 1.36. The normalized spacial score (nSPS) is 18.5. The average molecular weight is 318 g/mol. The highest BCUT2D eigenvalue weighted by atomic mass is 79.9. The van der Waals surface area contributed by atoms with Gasteiger partial charge in [-0.25, -0.2) is 9.78 Å². The van der Waals surface area contributed by atoms with Crippen LogP contribution in [0.1, 0.15) is 6.42 Å². The summed E-state index contributed by atoms with van der Waals surface area (Å²) in [4.78, 5) is 17.5. The molecule has 1 unspecified atom stereocenters. The molecular formula is C11H10BrClN2O2. The van der Waals surface area contributed by atoms with Crippen LogP contribution in [0.4, 0.5) is 5.82 Å². The fourth-order valence-corrected chi connectivity index (χ4v) is 2.41. The number of hydrogen-bond acceptors (Lipinski definition) is 4. The highest BCUT2D eigenvalue weighted by Gasteiger charge is 2.30. The predicted molar refractivity (Wildman–Crippen MR) is 69.0 cm³/mol. The Kier molecular flexibility index (Phi) is 3.69. The van der Waals surface area contributed by atoms with Crippen LogP contribution in [-0.2, 0) is 9.53 Å². The first-order chi connectivity index (χ1) is 8.13. The molecule has 0 aliphatic carbocycles. The Morgan fingerprint density at radius 1 is 1.71 bits per heavy atom. The Labute approximate surface area is 112 Å². The first kappa shape index (κ1) is 12.4. The SMILES string of the molecule is COC(=O)C1CC=CN1c1ncc(Br)cc1Cl. The van der Waals surface area contributed by atoms with Crippen molar-refractivity contribution >= 4 is 39.3 Å². The van der Waals surface area contributed by atoms with E-state index >= 15 is 0 Å². The first-order valence-corrected chi connectivity index (χ1v) is 6.14. The fraction of sp³-hybridized carbons (Fsp3) is 0.273. The molecule has 0 saturated heterocycles. The molecule has 4 nitrogen and oxygen atoms in total. The van der Waals surface area contributed by atoms with Crippen molar-refractivity contribution in [3.63, 3.8) is 0 Å². The molecule has 1 aliphatic rings. The van der Waals surface area contributed by atoms with Crippen LogP contribution in [0.5, 0.6) is 0 Å². The lowest BCUT2D eigenvalue weighted by molar-refractivity contribution is -0.141. The van der Waals surface area contributed by atoms with Crippen LogP contribution in [0.25, 0.3) is 0 Å². The summed E-state index contributed by atoms with van der Waals surface area (Å²) < 4.78 is 5.54. The molecule has 0 radical (unpaired) electrons. The molecule has 2 heterocycles. The molecule has 0 saturated carbocycles. The maximum atomic E-state index is 11.6. The van der Waals surface area contributed by atoms with Crippen LogP contribution < -0.4 is 4.90 Å². The van der Waals surface area contributed by atoms with E-state index in [0.717, 1.165) is 4.47 Å². The number of esters is 1. The summed E-state index contributed by atoms with van der Waals surface area (Å²) in [5.74, 6) is 0.259. The summed E-state index contributed by atoms with van der Waals surface area (Å²) in [6.45, 7) is 0. The molecular weight excluding hydrogens is 307 g/mol. The van der Waals surface area contributed by atoms with Gasteiger partial charge in [-0.05, 0) is 28.4 Å². The number of ether oxygens (including phenoxy) is 1. The quantitative estimate of drug-likeness (QED) is 0.787. The van der Waals surface area contributed by atoms with E-state index in [-0.39, 0.29) is 12.0 Å². The lowest BCUT2D eigenvalue weighted by Gasteiger charge is -2.23. The van der Waals surface area contributed by atoms with E-state index in [4.69, 9.17) is 16.3 Å². The molecule has 1 aromatic rings. The van der Waals surface area contributed by atoms with E-state index in [1.54, 1.807) is 23.4 Å². The number of anilines is 1. The third-order valence-corrected chi connectivity index (χ3v) is 3.18. The van der Waals surface area contributed by atoms with Gasteiger partial charge in [-0.15, -0.1) is 0 Å². The number of halogens is 2. The van der Waals surface area contributed by atoms with Crippen molar-refractivity contribution in [1.82, 2.24) is 4.98 Å². The zero-order valence-electron chi connectivity index (χ0n) is 9.06. The second-order valence-corrected chi connectivity index (χ2v) is 4.85. The van der Waals surface area contributed by atoms with Crippen LogP contribution in [0.2, 0.25) is 5.02 Å². The average Bonchev–Trinajstić information content (AvgIpc) is 2.77. The molecule has 0 aromatic carbocycles. The molecule has 1 aromatic heterocycles. The van der Waals surface area contributed by atoms with Gasteiger partial charge in [0.15, 0.2) is 5.82 Å². The maximum absolute atomic E-state index is 11.6. The molecule has 1 atom stereocenters. The number of aromatic nitrogens is 1. The minimum Gasteiger partial charge on any atom is -0.467 e. The molecule has 2 rings (SSSR count). The number of nitrogens with zero attached hydrogens (tertiary/aromatic N) is 2. The summed E-state index contributed by atoms with van der Waals surface area (Å²) >= 11 is 9.39. The van der Waals surface area contributed by atoms with Crippen molar-refractivity contribution < 1.29 is 9.53 Å². The first-order valence-electron chi connectivity index (χ1n) is 4.97. The van der Waals surface area contributed by atoms with Crippen LogP contribution >= 0.6 is 27.5 Å². The van der Waals surface area contributed by atoms with Gasteiger partial charge in [0, 0.05) is 16.9 Å². The number of hydrogen-bond donors (Lipinski definition) is 0. The van der Waals surface area contributed by atoms with Crippen molar-refractivity contribution in [2.75, 3.05) is 12.0 Å². The smallest absolute Gasteiger partial charge is 0.329 e. The minimum atomic E-state index is -0.383. The van der Waals surface area contributed by atoms with Gasteiger partial charge in [0.1, 0.15) is 6.04 Å². The summed E-state index contributed by atoms with van der Waals surface area (Å²) in [5, 5.41) is 0.486. The van der Waals surface area contributed by atoms with Crippen molar-refractivity contribution in [2.45, 2.75) is 12.5 Å². The zero-order valence-corrected chi connectivity index (χ0v) is 11.4. The van der Waals surface area contributed by atoms with Gasteiger partial charge in [-0.1, -0.05) is 17.7 Å². The van der Waals surface area contributed by atoms with Gasteiger partial charge in [-0.3, -0.25) is 0 Å². The highest BCUT2D eigenvalue weighted by molar-refractivity contribution is 9.10. The lowest BCUT2D eigenvalue weighted by atomic mass is 10.2. The molecule has 1 aliphatic heterocycles. The van der Waals surface area contributed by atoms with E-state index in [1.165, 1.54) is 7.11 Å². The molecule has 0 spiro atoms. The topological polar surface area (TPSA) is 42.4 Å². The molecule has 6 heteroatoms. The molecule has 17 heavy (non-hydrogen) atoms. The van der Waals surface area contributed by atoms with Crippen LogP contribution in [-0.4, -0.2) is 24.1 Å². The Morgan fingerprint density at radius 3 is 3.12 bits per heavy atom. The zero-order chi connectivity index (χ0) is 12.4. The maximum Gasteiger partial charge on any atom is 0.329 e. The van der Waals surface area contributed by atoms with E-state index < -0.39 is 0 Å². The van der Waals surface area contributed by atoms with Gasteiger partial charge in [0.25, 0.3) is 0 Å². The Hall–Kier alpha value is -1.07. The van der Waals surface area contributed by atoms with E-state index in [1.807, 2.05) is 6.08 Å². The van der Waals surface area contributed by atoms with Crippen LogP contribution in [0.3, 0.4) is 0 Å².